The molecule has 3 N–H and O–H groups in total. The Balaban J connectivity index is 1.31. The minimum atomic E-state index is -0.0581. The van der Waals surface area contributed by atoms with Gasteiger partial charge in [0.1, 0.15) is 0 Å². The molecule has 6 aliphatic heterocycles. The van der Waals surface area contributed by atoms with Crippen molar-refractivity contribution in [2.75, 3.05) is 56.7 Å². The van der Waals surface area contributed by atoms with Crippen molar-refractivity contribution >= 4 is 17.1 Å². The highest BCUT2D eigenvalue weighted by atomic mass is 15.4. The lowest BCUT2D eigenvalue weighted by Gasteiger charge is -2.48. The lowest BCUT2D eigenvalue weighted by molar-refractivity contribution is 0.147. The number of hydrogen-bond donors (Lipinski definition) is 3. The molecule has 0 bridgehead atoms. The van der Waals surface area contributed by atoms with E-state index in [1.54, 1.807) is 5.56 Å². The minimum absolute atomic E-state index is 0.00961. The fourth-order valence-corrected chi connectivity index (χ4v) is 10.3. The van der Waals surface area contributed by atoms with Gasteiger partial charge in [0.2, 0.25) is 0 Å². The van der Waals surface area contributed by atoms with Crippen molar-refractivity contribution in [3.63, 3.8) is 0 Å². The number of anilines is 3. The third-order valence-corrected chi connectivity index (χ3v) is 11.8. The zero-order valence-corrected chi connectivity index (χ0v) is 23.2. The SMILES string of the molecule is CN1CC[C@]2(c3cccc4c3N[C@H]3N(C)CC[C@@]43[C@@]34CCN(C)[C@@H]3Nc3ccccc34)c3ccccc3N[C@H]12. The van der Waals surface area contributed by atoms with E-state index in [9.17, 15) is 0 Å². The lowest BCUT2D eigenvalue weighted by Crippen LogP contribution is -2.60. The van der Waals surface area contributed by atoms with E-state index in [2.05, 4.69) is 119 Å². The summed E-state index contributed by atoms with van der Waals surface area (Å²) in [5, 5.41) is 12.2. The maximum absolute atomic E-state index is 4.25. The summed E-state index contributed by atoms with van der Waals surface area (Å²) in [6, 6.07) is 25.5. The minimum Gasteiger partial charge on any atom is -0.369 e. The third-order valence-electron chi connectivity index (χ3n) is 11.8. The van der Waals surface area contributed by atoms with Crippen molar-refractivity contribution in [2.45, 2.75) is 54.0 Å². The molecule has 39 heavy (non-hydrogen) atoms. The second-order valence-electron chi connectivity index (χ2n) is 13.1. The average molecular weight is 519 g/mol. The summed E-state index contributed by atoms with van der Waals surface area (Å²) >= 11 is 0. The molecule has 3 fully saturated rings. The predicted molar refractivity (Wildman–Crippen MR) is 157 cm³/mol. The van der Waals surface area contributed by atoms with Crippen LogP contribution in [0.15, 0.2) is 66.7 Å². The molecule has 0 radical (unpaired) electrons. The van der Waals surface area contributed by atoms with E-state index in [0.717, 1.165) is 26.1 Å². The van der Waals surface area contributed by atoms with Gasteiger partial charge in [-0.1, -0.05) is 54.6 Å². The van der Waals surface area contributed by atoms with Crippen LogP contribution in [0.4, 0.5) is 17.1 Å². The Morgan fingerprint density at radius 1 is 0.538 bits per heavy atom. The van der Waals surface area contributed by atoms with E-state index in [0.29, 0.717) is 6.17 Å². The Bertz CT molecular complexity index is 1520. The van der Waals surface area contributed by atoms with Gasteiger partial charge in [-0.25, -0.2) is 0 Å². The van der Waals surface area contributed by atoms with Crippen molar-refractivity contribution in [1.29, 1.82) is 0 Å². The van der Waals surface area contributed by atoms with Crippen molar-refractivity contribution in [3.05, 3.63) is 89.0 Å². The van der Waals surface area contributed by atoms with E-state index in [-0.39, 0.29) is 28.6 Å². The molecule has 3 aromatic carbocycles. The summed E-state index contributed by atoms with van der Waals surface area (Å²) in [6.45, 7) is 3.33. The molecule has 3 aromatic rings. The fraction of sp³-hybridized carbons (Fsp3) is 0.455. The molecule has 6 heterocycles. The Kier molecular flexibility index (Phi) is 4.29. The molecule has 0 saturated carbocycles. The number of fused-ring (bicyclic) bond motifs is 10. The van der Waals surface area contributed by atoms with Crippen molar-refractivity contribution in [3.8, 4) is 0 Å². The van der Waals surface area contributed by atoms with Crippen LogP contribution >= 0.6 is 0 Å². The van der Waals surface area contributed by atoms with Crippen molar-refractivity contribution in [1.82, 2.24) is 14.7 Å². The van der Waals surface area contributed by atoms with Gasteiger partial charge in [0, 0.05) is 47.5 Å². The molecule has 0 spiro atoms. The van der Waals surface area contributed by atoms with Crippen LogP contribution in [0.1, 0.15) is 41.5 Å². The summed E-state index contributed by atoms with van der Waals surface area (Å²) in [6.07, 6.45) is 4.32. The van der Waals surface area contributed by atoms with Gasteiger partial charge >= 0.3 is 0 Å². The monoisotopic (exact) mass is 518 g/mol. The Morgan fingerprint density at radius 2 is 1.05 bits per heavy atom. The van der Waals surface area contributed by atoms with Gasteiger partial charge in [-0.15, -0.1) is 0 Å². The Hall–Kier alpha value is -3.06. The van der Waals surface area contributed by atoms with Crippen LogP contribution in [0.2, 0.25) is 0 Å². The maximum atomic E-state index is 4.25. The standard InChI is InChI=1S/C33H38N6/c1-37-18-15-31(21-9-4-6-13-25(21)34-28(31)37)23-11-8-12-24-27(23)36-30-33(24,17-20-39(30)3)32-16-19-38(2)29(32)35-26-14-7-5-10-22(26)32/h4-14,28-30,34-36H,15-20H2,1-3H3/t28-,29+,30+,31-,32-,33-/m1/s1. The number of benzene rings is 3. The molecule has 6 atom stereocenters. The molecular weight excluding hydrogens is 480 g/mol. The van der Waals surface area contributed by atoms with Gasteiger partial charge in [0.15, 0.2) is 0 Å². The van der Waals surface area contributed by atoms with E-state index in [1.807, 2.05) is 0 Å². The van der Waals surface area contributed by atoms with Crippen LogP contribution in [-0.2, 0) is 16.2 Å². The van der Waals surface area contributed by atoms with E-state index in [1.165, 1.54) is 46.6 Å². The molecule has 0 amide bonds. The highest BCUT2D eigenvalue weighted by molar-refractivity contribution is 5.78. The van der Waals surface area contributed by atoms with Crippen LogP contribution in [0.25, 0.3) is 0 Å². The summed E-state index contributed by atoms with van der Waals surface area (Å²) in [4.78, 5) is 7.70. The largest absolute Gasteiger partial charge is 0.369 e. The number of nitrogens with one attached hydrogen (secondary N) is 3. The molecule has 6 heteroatoms. The highest BCUT2D eigenvalue weighted by Crippen LogP contribution is 2.67. The molecule has 200 valence electrons. The normalized spacial score (nSPS) is 37.9. The van der Waals surface area contributed by atoms with E-state index in [4.69, 9.17) is 0 Å². The second-order valence-corrected chi connectivity index (χ2v) is 13.1. The first kappa shape index (κ1) is 22.7. The van der Waals surface area contributed by atoms with Gasteiger partial charge < -0.3 is 16.0 Å². The molecule has 0 unspecified atom stereocenters. The Labute approximate surface area is 231 Å². The van der Waals surface area contributed by atoms with Gasteiger partial charge in [-0.05, 0) is 74.8 Å². The van der Waals surface area contributed by atoms with Crippen LogP contribution in [0.3, 0.4) is 0 Å². The van der Waals surface area contributed by atoms with Crippen LogP contribution in [0.5, 0.6) is 0 Å². The first-order valence-corrected chi connectivity index (χ1v) is 14.8. The smallest absolute Gasteiger partial charge is 0.0933 e. The zero-order valence-electron chi connectivity index (χ0n) is 23.2. The molecule has 6 nitrogen and oxygen atoms in total. The predicted octanol–water partition coefficient (Wildman–Crippen LogP) is 4.41. The summed E-state index contributed by atoms with van der Waals surface area (Å²) in [7, 11) is 6.93. The van der Waals surface area contributed by atoms with Crippen LogP contribution in [0, 0.1) is 0 Å². The summed E-state index contributed by atoms with van der Waals surface area (Å²) < 4.78 is 0. The van der Waals surface area contributed by atoms with Gasteiger partial charge in [-0.2, -0.15) is 0 Å². The number of para-hydroxylation sites is 3. The van der Waals surface area contributed by atoms with Gasteiger partial charge in [0.25, 0.3) is 0 Å². The number of likely N-dealkylation sites (tertiary alicyclic amines) is 3. The molecule has 0 aromatic heterocycles. The lowest BCUT2D eigenvalue weighted by atomic mass is 9.54. The molecular formula is C33H38N6. The van der Waals surface area contributed by atoms with Crippen LogP contribution < -0.4 is 16.0 Å². The number of nitrogens with zero attached hydrogens (tertiary/aromatic N) is 3. The summed E-state index contributed by atoms with van der Waals surface area (Å²) in [5.41, 5.74) is 9.96. The van der Waals surface area contributed by atoms with Crippen molar-refractivity contribution < 1.29 is 0 Å². The number of likely N-dealkylation sites (N-methyl/N-ethyl adjacent to an activating group) is 3. The van der Waals surface area contributed by atoms with Gasteiger partial charge in [0.05, 0.1) is 23.9 Å². The average Bonchev–Trinajstić information content (AvgIpc) is 3.76. The van der Waals surface area contributed by atoms with E-state index < -0.39 is 0 Å². The second kappa shape index (κ2) is 7.36. The first-order chi connectivity index (χ1) is 19.0. The first-order valence-electron chi connectivity index (χ1n) is 14.8. The van der Waals surface area contributed by atoms with Crippen LogP contribution in [-0.4, -0.2) is 74.0 Å². The molecule has 9 rings (SSSR count). The third kappa shape index (κ3) is 2.39. The highest BCUT2D eigenvalue weighted by Gasteiger charge is 2.71. The zero-order chi connectivity index (χ0) is 26.1. The molecule has 6 aliphatic rings. The molecule has 3 saturated heterocycles. The van der Waals surface area contributed by atoms with Crippen molar-refractivity contribution in [2.24, 2.45) is 0 Å². The maximum Gasteiger partial charge on any atom is 0.0933 e. The quantitative estimate of drug-likeness (QED) is 0.467. The number of rotatable bonds is 2. The van der Waals surface area contributed by atoms with Gasteiger partial charge in [-0.3, -0.25) is 14.7 Å². The Morgan fingerprint density at radius 3 is 1.82 bits per heavy atom. The number of hydrogen-bond acceptors (Lipinski definition) is 6. The summed E-state index contributed by atoms with van der Waals surface area (Å²) in [5.74, 6) is 0. The fourth-order valence-electron chi connectivity index (χ4n) is 10.3. The van der Waals surface area contributed by atoms with E-state index >= 15 is 0 Å². The topological polar surface area (TPSA) is 45.8 Å². The molecule has 0 aliphatic carbocycles.